The number of carbonyl (C=O) groups is 2. The minimum Gasteiger partial charge on any atom is -0.491 e. The van der Waals surface area contributed by atoms with Crippen LogP contribution in [-0.4, -0.2) is 53.1 Å². The number of ether oxygens (including phenoxy) is 2. The molecule has 2 amide bonds. The lowest BCUT2D eigenvalue weighted by Crippen LogP contribution is -2.43. The highest BCUT2D eigenvalue weighted by Crippen LogP contribution is 2.42. The Bertz CT molecular complexity index is 1920. The van der Waals surface area contributed by atoms with Crippen LogP contribution in [-0.2, 0) is 45.3 Å². The highest BCUT2D eigenvalue weighted by molar-refractivity contribution is 7.92. The molecular formula is C40H47ClN4O5S. The topological polar surface area (TPSA) is 110 Å². The van der Waals surface area contributed by atoms with Gasteiger partial charge in [-0.2, -0.15) is 0 Å². The molecule has 0 radical (unpaired) electrons. The van der Waals surface area contributed by atoms with Gasteiger partial charge in [0.1, 0.15) is 15.7 Å². The lowest BCUT2D eigenvalue weighted by Gasteiger charge is -2.43. The first-order valence-electron chi connectivity index (χ1n) is 18.2. The summed E-state index contributed by atoms with van der Waals surface area (Å²) < 4.78 is 34.2. The van der Waals surface area contributed by atoms with Crippen LogP contribution >= 0.6 is 11.6 Å². The SMILES string of the molecule is CO[C@H]1/C=C/C[C@H](C)C[S@@](=O)(NC(=O)C2Cc3cccnc3C2)=NC(=O)c2ccc3c(c2)N(Cc2ccc(Cl)cc2CCCCO3)C[C@@H]2CC[C@H]21. The van der Waals surface area contributed by atoms with Crippen molar-refractivity contribution < 1.29 is 23.3 Å². The van der Waals surface area contributed by atoms with E-state index in [9.17, 15) is 13.8 Å². The maximum absolute atomic E-state index is 14.7. The number of benzene rings is 2. The molecule has 4 aliphatic rings. The molecule has 270 valence electrons. The summed E-state index contributed by atoms with van der Waals surface area (Å²) >= 11 is 6.47. The zero-order valence-corrected chi connectivity index (χ0v) is 31.0. The molecule has 9 nitrogen and oxygen atoms in total. The molecule has 0 spiro atoms. The summed E-state index contributed by atoms with van der Waals surface area (Å²) in [7, 11) is -1.73. The Balaban J connectivity index is 1.28. The zero-order chi connectivity index (χ0) is 35.5. The summed E-state index contributed by atoms with van der Waals surface area (Å²) in [5.41, 5.74) is 5.38. The number of amides is 2. The molecule has 1 unspecified atom stereocenters. The Labute approximate surface area is 306 Å². The number of hydrogen-bond acceptors (Lipinski definition) is 7. The molecule has 1 aromatic heterocycles. The third-order valence-electron chi connectivity index (χ3n) is 10.9. The summed E-state index contributed by atoms with van der Waals surface area (Å²) in [6, 6.07) is 15.3. The van der Waals surface area contributed by atoms with Gasteiger partial charge in [-0.3, -0.25) is 19.3 Å². The molecule has 2 bridgehead atoms. The number of nitrogens with one attached hydrogen (secondary N) is 1. The fourth-order valence-corrected chi connectivity index (χ4v) is 10.2. The number of nitrogens with zero attached hydrogens (tertiary/aromatic N) is 3. The third kappa shape index (κ3) is 8.18. The summed E-state index contributed by atoms with van der Waals surface area (Å²) in [5, 5.41) is 0.718. The van der Waals surface area contributed by atoms with Crippen LogP contribution in [0.2, 0.25) is 5.02 Å². The van der Waals surface area contributed by atoms with Gasteiger partial charge in [-0.25, -0.2) is 4.21 Å². The number of pyridine rings is 1. The first-order chi connectivity index (χ1) is 24.7. The highest BCUT2D eigenvalue weighted by atomic mass is 35.5. The van der Waals surface area contributed by atoms with Crippen LogP contribution in [0.5, 0.6) is 5.75 Å². The Morgan fingerprint density at radius 2 is 1.96 bits per heavy atom. The van der Waals surface area contributed by atoms with Gasteiger partial charge in [0.2, 0.25) is 5.91 Å². The van der Waals surface area contributed by atoms with Crippen LogP contribution < -0.4 is 14.4 Å². The fraction of sp³-hybridized carbons (Fsp3) is 0.475. The summed E-state index contributed by atoms with van der Waals surface area (Å²) in [6.07, 6.45) is 12.3. The number of aryl methyl sites for hydroxylation is 1. The van der Waals surface area contributed by atoms with Crippen LogP contribution in [0, 0.1) is 23.7 Å². The minimum atomic E-state index is -3.49. The number of allylic oxidation sites excluding steroid dienone is 1. The molecular weight excluding hydrogens is 684 g/mol. The van der Waals surface area contributed by atoms with E-state index in [0.717, 1.165) is 60.6 Å². The predicted octanol–water partition coefficient (Wildman–Crippen LogP) is 7.15. The van der Waals surface area contributed by atoms with Crippen LogP contribution in [0.1, 0.15) is 71.8 Å². The van der Waals surface area contributed by atoms with Gasteiger partial charge in [-0.15, -0.1) is 4.36 Å². The van der Waals surface area contributed by atoms with Gasteiger partial charge in [-0.05, 0) is 116 Å². The molecule has 2 aliphatic heterocycles. The molecule has 2 aromatic carbocycles. The predicted molar refractivity (Wildman–Crippen MR) is 200 cm³/mol. The smallest absolute Gasteiger partial charge is 0.286 e. The molecule has 51 heavy (non-hydrogen) atoms. The van der Waals surface area contributed by atoms with E-state index in [1.807, 2.05) is 37.3 Å². The van der Waals surface area contributed by atoms with Crippen LogP contribution in [0.4, 0.5) is 5.69 Å². The van der Waals surface area contributed by atoms with E-state index in [4.69, 9.17) is 21.1 Å². The van der Waals surface area contributed by atoms with Crippen molar-refractivity contribution in [3.63, 3.8) is 0 Å². The van der Waals surface area contributed by atoms with Gasteiger partial charge in [0, 0.05) is 55.0 Å². The second-order valence-electron chi connectivity index (χ2n) is 14.6. The van der Waals surface area contributed by atoms with Crippen molar-refractivity contribution in [1.29, 1.82) is 0 Å². The average Bonchev–Trinajstić information content (AvgIpc) is 3.53. The summed E-state index contributed by atoms with van der Waals surface area (Å²) in [4.78, 5) is 34.5. The van der Waals surface area contributed by atoms with E-state index in [0.29, 0.717) is 55.6 Å². The largest absolute Gasteiger partial charge is 0.491 e. The monoisotopic (exact) mass is 730 g/mol. The van der Waals surface area contributed by atoms with Gasteiger partial charge in [0.15, 0.2) is 0 Å². The Morgan fingerprint density at radius 3 is 2.76 bits per heavy atom. The number of anilines is 1. The van der Waals surface area contributed by atoms with Crippen molar-refractivity contribution in [3.8, 4) is 5.75 Å². The number of aromatic nitrogens is 1. The lowest BCUT2D eigenvalue weighted by atomic mass is 9.70. The highest BCUT2D eigenvalue weighted by Gasteiger charge is 2.38. The molecule has 2 aliphatic carbocycles. The van der Waals surface area contributed by atoms with Crippen molar-refractivity contribution in [2.24, 2.45) is 28.0 Å². The maximum Gasteiger partial charge on any atom is 0.286 e. The number of hydrogen-bond donors (Lipinski definition) is 1. The average molecular weight is 731 g/mol. The van der Waals surface area contributed by atoms with Crippen molar-refractivity contribution in [2.45, 2.75) is 70.9 Å². The van der Waals surface area contributed by atoms with Crippen molar-refractivity contribution >= 4 is 39.0 Å². The minimum absolute atomic E-state index is 0.0377. The maximum atomic E-state index is 14.7. The van der Waals surface area contributed by atoms with E-state index in [1.165, 1.54) is 11.1 Å². The first-order valence-corrected chi connectivity index (χ1v) is 20.3. The fourth-order valence-electron chi connectivity index (χ4n) is 8.01. The normalized spacial score (nSPS) is 28.7. The van der Waals surface area contributed by atoms with Crippen LogP contribution in [0.25, 0.3) is 0 Å². The van der Waals surface area contributed by atoms with Gasteiger partial charge < -0.3 is 14.4 Å². The van der Waals surface area contributed by atoms with Gasteiger partial charge in [0.05, 0.1) is 24.2 Å². The molecule has 11 heteroatoms. The first kappa shape index (κ1) is 35.7. The number of methoxy groups -OCH3 is 1. The number of halogens is 1. The van der Waals surface area contributed by atoms with Gasteiger partial charge in [0.25, 0.3) is 5.91 Å². The molecule has 1 saturated carbocycles. The quantitative estimate of drug-likeness (QED) is 0.285. The van der Waals surface area contributed by atoms with Crippen molar-refractivity contribution in [2.75, 3.05) is 30.9 Å². The molecule has 3 heterocycles. The van der Waals surface area contributed by atoms with Crippen molar-refractivity contribution in [3.05, 3.63) is 99.9 Å². The molecule has 1 fully saturated rings. The summed E-state index contributed by atoms with van der Waals surface area (Å²) in [5.74, 6) is -0.121. The van der Waals surface area contributed by atoms with Crippen LogP contribution in [0.15, 0.2) is 71.2 Å². The number of rotatable bonds is 3. The van der Waals surface area contributed by atoms with Crippen LogP contribution in [0.3, 0.4) is 0 Å². The summed E-state index contributed by atoms with van der Waals surface area (Å²) in [6.45, 7) is 3.86. The van der Waals surface area contributed by atoms with E-state index in [2.05, 4.69) is 43.3 Å². The standard InChI is InChI=1S/C40H47ClN4O5S/c1-26-7-5-10-37(49-2)34-15-12-31(34)24-45-23-30-11-14-33(41)20-27(30)8-3-4-18-50-38-16-13-29(22-36(38)45)39(46)43-51(48,25-26)44-40(47)32-19-28-9-6-17-42-35(28)21-32/h5-6,9-11,13-14,16-17,20,22,26,31-32,34,37H,3-4,7-8,12,15,18-19,21,23-25H2,1-2H3,(H,43,44,46,47,48)/b10-5+/t26-,31-,32?,34+,37-,51-/m0/s1. The number of carbonyl (C=O) groups excluding carboxylic acids is 2. The Kier molecular flexibility index (Phi) is 10.8. The zero-order valence-electron chi connectivity index (χ0n) is 29.4. The molecule has 1 N–H and O–H groups in total. The molecule has 0 saturated heterocycles. The number of fused-ring (bicyclic) bond motifs is 4. The van der Waals surface area contributed by atoms with Crippen molar-refractivity contribution in [1.82, 2.24) is 9.71 Å². The van der Waals surface area contributed by atoms with Gasteiger partial charge >= 0.3 is 0 Å². The van der Waals surface area contributed by atoms with E-state index >= 15 is 0 Å². The molecule has 7 rings (SSSR count). The Morgan fingerprint density at radius 1 is 1.08 bits per heavy atom. The Hall–Kier alpha value is -3.73. The van der Waals surface area contributed by atoms with E-state index < -0.39 is 21.7 Å². The van der Waals surface area contributed by atoms with E-state index in [-0.39, 0.29) is 23.7 Å². The second kappa shape index (κ2) is 15.5. The van der Waals surface area contributed by atoms with E-state index in [1.54, 1.807) is 19.4 Å². The van der Waals surface area contributed by atoms with Gasteiger partial charge in [-0.1, -0.05) is 42.8 Å². The second-order valence-corrected chi connectivity index (χ2v) is 17.1. The lowest BCUT2D eigenvalue weighted by molar-refractivity contribution is -0.122. The molecule has 6 atom stereocenters. The third-order valence-corrected chi connectivity index (χ3v) is 13.2. The molecule has 3 aromatic rings.